The van der Waals surface area contributed by atoms with Gasteiger partial charge in [0.05, 0.1) is 0 Å². The van der Waals surface area contributed by atoms with Crippen molar-refractivity contribution < 1.29 is 45.1 Å². The fourth-order valence-corrected chi connectivity index (χ4v) is 26.9. The van der Waals surface area contributed by atoms with Crippen LogP contribution in [0.2, 0.25) is 8.26 Å². The normalized spacial score (nSPS) is 18.0. The third-order valence-electron chi connectivity index (χ3n) is 11.4. The quantitative estimate of drug-likeness (QED) is 0.221. The first kappa shape index (κ1) is 34.2. The maximum atomic E-state index is 2.65. The van der Waals surface area contributed by atoms with Gasteiger partial charge in [0.25, 0.3) is 0 Å². The van der Waals surface area contributed by atoms with Gasteiger partial charge >= 0.3 is 266 Å². The maximum absolute atomic E-state index is 2.77. The van der Waals surface area contributed by atoms with Crippen molar-refractivity contribution in [1.29, 1.82) is 0 Å². The molecule has 45 heavy (non-hydrogen) atoms. The number of halogens is 2. The zero-order valence-corrected chi connectivity index (χ0v) is 32.1. The Balaban J connectivity index is 0.00000200. The Kier molecular flexibility index (Phi) is 9.71. The van der Waals surface area contributed by atoms with Crippen LogP contribution in [0.4, 0.5) is 0 Å². The monoisotopic (exact) mass is 710 g/mol. The van der Waals surface area contributed by atoms with Crippen LogP contribution in [0.15, 0.2) is 71.8 Å². The molecule has 0 spiro atoms. The average molecular weight is 713 g/mol. The predicted molar refractivity (Wildman–Crippen MR) is 184 cm³/mol. The number of hydrogen-bond donors (Lipinski definition) is 0. The molecule has 2 aliphatic carbocycles. The van der Waals surface area contributed by atoms with Gasteiger partial charge in [0.2, 0.25) is 0 Å². The van der Waals surface area contributed by atoms with E-state index in [9.17, 15) is 0 Å². The Bertz CT molecular complexity index is 1740. The zero-order chi connectivity index (χ0) is 30.2. The van der Waals surface area contributed by atoms with Gasteiger partial charge in [-0.1, -0.05) is 0 Å². The Morgan fingerprint density at radius 1 is 0.511 bits per heavy atom. The van der Waals surface area contributed by atoms with Gasteiger partial charge < -0.3 is 24.8 Å². The van der Waals surface area contributed by atoms with Crippen LogP contribution in [0.25, 0.3) is 34.4 Å². The summed E-state index contributed by atoms with van der Waals surface area (Å²) in [4.78, 5) is 0. The summed E-state index contributed by atoms with van der Waals surface area (Å²) in [5.41, 5.74) is 24.1. The van der Waals surface area contributed by atoms with E-state index in [-0.39, 0.29) is 24.8 Å². The van der Waals surface area contributed by atoms with Crippen molar-refractivity contribution in [2.24, 2.45) is 0 Å². The second kappa shape index (κ2) is 12.8. The molecule has 232 valence electrons. The van der Waals surface area contributed by atoms with Gasteiger partial charge in [0, 0.05) is 0 Å². The average Bonchev–Trinajstić information content (AvgIpc) is 3.51. The molecular weight excluding hydrogens is 667 g/mol. The molecule has 3 aliphatic rings. The number of aryl methyl sites for hydroxylation is 6. The third kappa shape index (κ3) is 5.40. The summed E-state index contributed by atoms with van der Waals surface area (Å²) in [5, 5.41) is 0. The molecule has 1 fully saturated rings. The molecule has 7 rings (SSSR count). The van der Waals surface area contributed by atoms with Gasteiger partial charge in [-0.2, -0.15) is 0 Å². The van der Waals surface area contributed by atoms with Crippen LogP contribution in [0.1, 0.15) is 89.6 Å². The summed E-state index contributed by atoms with van der Waals surface area (Å²) in [6.07, 6.45) is 7.63. The Morgan fingerprint density at radius 2 is 0.889 bits per heavy atom. The summed E-state index contributed by atoms with van der Waals surface area (Å²) in [6.45, 7) is 18.6. The van der Waals surface area contributed by atoms with E-state index in [1.165, 1.54) is 75.0 Å². The number of rotatable bonds is 6. The van der Waals surface area contributed by atoms with Crippen molar-refractivity contribution in [2.75, 3.05) is 0 Å². The molecule has 1 heterocycles. The van der Waals surface area contributed by atoms with Gasteiger partial charge in [-0.15, -0.1) is 0 Å². The van der Waals surface area contributed by atoms with Crippen molar-refractivity contribution in [3.63, 3.8) is 0 Å². The molecule has 1 saturated heterocycles. The molecule has 0 amide bonds. The summed E-state index contributed by atoms with van der Waals surface area (Å²) in [7, 11) is 0. The van der Waals surface area contributed by atoms with Crippen LogP contribution in [0.5, 0.6) is 0 Å². The van der Waals surface area contributed by atoms with E-state index in [4.69, 9.17) is 0 Å². The van der Waals surface area contributed by atoms with Crippen molar-refractivity contribution in [1.82, 2.24) is 0 Å². The van der Waals surface area contributed by atoms with Crippen LogP contribution in [-0.2, 0) is 20.3 Å². The molecule has 2 unspecified atom stereocenters. The van der Waals surface area contributed by atoms with Gasteiger partial charge in [-0.3, -0.25) is 0 Å². The van der Waals surface area contributed by atoms with E-state index in [0.29, 0.717) is 7.25 Å². The van der Waals surface area contributed by atoms with E-state index in [1.807, 2.05) is 0 Å². The Morgan fingerprint density at radius 3 is 1.22 bits per heavy atom. The Hall–Kier alpha value is -2.18. The zero-order valence-electron chi connectivity index (χ0n) is 28.2. The van der Waals surface area contributed by atoms with Crippen LogP contribution >= 0.6 is 0 Å². The largest absolute Gasteiger partial charge is 1.00 e. The molecule has 0 nitrogen and oxygen atoms in total. The molecular formula is C42H46Cl2Zr. The number of benzene rings is 4. The van der Waals surface area contributed by atoms with E-state index in [0.717, 1.165) is 12.8 Å². The standard InChI is InChI=1S/2C20H21.C2H4.2ClH.Zr/c2*1-5-16-11-19-14(3)7-9-18(20(19)12-16)17-8-6-13(2)15(4)10-17;1-2;;;/h2*6-12H,5H2,1-4H3;1-2H2;2*1H;/q;;;;;+2/p-2. The van der Waals surface area contributed by atoms with Crippen molar-refractivity contribution in [2.45, 2.75) is 83.7 Å². The van der Waals surface area contributed by atoms with Crippen molar-refractivity contribution in [3.8, 4) is 22.3 Å². The summed E-state index contributed by atoms with van der Waals surface area (Å²) in [6, 6.07) is 23.8. The van der Waals surface area contributed by atoms with Crippen molar-refractivity contribution in [3.05, 3.63) is 127 Å². The molecule has 3 heteroatoms. The van der Waals surface area contributed by atoms with Crippen LogP contribution < -0.4 is 24.8 Å². The summed E-state index contributed by atoms with van der Waals surface area (Å²) in [5.74, 6) is 0. The number of hydrogen-bond acceptors (Lipinski definition) is 0. The fourth-order valence-electron chi connectivity index (χ4n) is 8.61. The fraction of sp³-hybridized carbons (Fsp3) is 0.333. The number of fused-ring (bicyclic) bond motifs is 2. The second-order valence-electron chi connectivity index (χ2n) is 13.9. The topological polar surface area (TPSA) is 0 Å². The molecule has 4 aromatic rings. The van der Waals surface area contributed by atoms with Crippen LogP contribution in [0.3, 0.4) is 0 Å². The smallest absolute Gasteiger partial charge is 1.00 e. The Labute approximate surface area is 288 Å². The molecule has 2 atom stereocenters. The molecule has 0 radical (unpaired) electrons. The molecule has 0 aromatic heterocycles. The minimum Gasteiger partial charge on any atom is -1.00 e. The SMILES string of the molecule is CCC1=Cc2c(-c3ccc(C)c(C)c3)ccc(C)c2[CH]1[Zr+2]1([CH]2C(CC)=Cc3c(-c4ccc(C)c(C)c4)ccc(C)c32)[CH2][CH2]1.[Cl-].[Cl-]. The molecule has 0 bridgehead atoms. The van der Waals surface area contributed by atoms with Gasteiger partial charge in [0.1, 0.15) is 0 Å². The van der Waals surface area contributed by atoms with E-state index >= 15 is 0 Å². The first-order valence-electron chi connectivity index (χ1n) is 16.5. The maximum Gasteiger partial charge on any atom is -1.00 e. The van der Waals surface area contributed by atoms with Crippen LogP contribution in [0, 0.1) is 41.5 Å². The third-order valence-corrected chi connectivity index (χ3v) is 24.4. The van der Waals surface area contributed by atoms with Gasteiger partial charge in [-0.05, 0) is 0 Å². The first-order valence-corrected chi connectivity index (χ1v) is 22.8. The van der Waals surface area contributed by atoms with E-state index in [1.54, 1.807) is 22.3 Å². The van der Waals surface area contributed by atoms with Gasteiger partial charge in [0.15, 0.2) is 0 Å². The molecule has 1 aliphatic heterocycles. The predicted octanol–water partition coefficient (Wildman–Crippen LogP) is 6.28. The molecule has 4 aromatic carbocycles. The number of allylic oxidation sites excluding steroid dienone is 2. The van der Waals surface area contributed by atoms with Crippen molar-refractivity contribution >= 4 is 12.2 Å². The molecule has 0 N–H and O–H groups in total. The van der Waals surface area contributed by atoms with E-state index in [2.05, 4.69) is 128 Å². The minimum atomic E-state index is -2.77. The molecule has 0 saturated carbocycles. The second-order valence-corrected chi connectivity index (χ2v) is 25.2. The minimum absolute atomic E-state index is 0. The first-order chi connectivity index (χ1) is 20.7. The van der Waals surface area contributed by atoms with Crippen LogP contribution in [-0.4, -0.2) is 0 Å². The van der Waals surface area contributed by atoms with Gasteiger partial charge in [-0.25, -0.2) is 0 Å². The van der Waals surface area contributed by atoms with E-state index < -0.39 is 20.3 Å². The summed E-state index contributed by atoms with van der Waals surface area (Å²) >= 11 is -2.77. The summed E-state index contributed by atoms with van der Waals surface area (Å²) < 4.78 is 4.41.